The molecule has 29 heavy (non-hydrogen) atoms. The van der Waals surface area contributed by atoms with Gasteiger partial charge in [0.05, 0.1) is 18.9 Å². The Balaban J connectivity index is 1.34. The van der Waals surface area contributed by atoms with Gasteiger partial charge < -0.3 is 14.7 Å². The van der Waals surface area contributed by atoms with E-state index in [1.807, 2.05) is 12.1 Å². The number of aryl methyl sites for hydroxylation is 2. The molecule has 5 heteroatoms. The number of aliphatic hydroxyl groups is 1. The Morgan fingerprint density at radius 3 is 2.59 bits per heavy atom. The quantitative estimate of drug-likeness (QED) is 0.635. The Hall–Kier alpha value is -2.08. The second-order valence-electron chi connectivity index (χ2n) is 7.90. The van der Waals surface area contributed by atoms with Crippen LogP contribution in [0.25, 0.3) is 10.1 Å². The molecule has 2 aromatic carbocycles. The molecule has 1 saturated heterocycles. The number of methoxy groups -OCH3 is 1. The third-order valence-electron chi connectivity index (χ3n) is 5.95. The van der Waals surface area contributed by atoms with Gasteiger partial charge in [0.25, 0.3) is 0 Å². The van der Waals surface area contributed by atoms with Gasteiger partial charge in [-0.05, 0) is 49.4 Å². The van der Waals surface area contributed by atoms with Crippen molar-refractivity contribution < 1.29 is 9.84 Å². The molecule has 4 rings (SSSR count). The van der Waals surface area contributed by atoms with Crippen LogP contribution in [0.2, 0.25) is 0 Å². The Morgan fingerprint density at radius 1 is 1.07 bits per heavy atom. The minimum atomic E-state index is -0.389. The van der Waals surface area contributed by atoms with Crippen LogP contribution in [0.1, 0.15) is 28.5 Å². The van der Waals surface area contributed by atoms with Crippen molar-refractivity contribution >= 4 is 27.1 Å². The largest absolute Gasteiger partial charge is 0.495 e. The Kier molecular flexibility index (Phi) is 6.09. The molecule has 0 saturated carbocycles. The van der Waals surface area contributed by atoms with Gasteiger partial charge in [-0.1, -0.05) is 29.8 Å². The van der Waals surface area contributed by atoms with Crippen LogP contribution in [-0.2, 0) is 0 Å². The van der Waals surface area contributed by atoms with E-state index < -0.39 is 0 Å². The van der Waals surface area contributed by atoms with Gasteiger partial charge in [-0.3, -0.25) is 4.90 Å². The van der Waals surface area contributed by atoms with Gasteiger partial charge in [-0.15, -0.1) is 11.3 Å². The summed E-state index contributed by atoms with van der Waals surface area (Å²) in [6.07, 6.45) is 0.390. The summed E-state index contributed by atoms with van der Waals surface area (Å²) < 4.78 is 6.78. The van der Waals surface area contributed by atoms with Gasteiger partial charge in [-0.2, -0.15) is 0 Å². The fourth-order valence-corrected chi connectivity index (χ4v) is 5.42. The predicted octanol–water partition coefficient (Wildman–Crippen LogP) is 4.77. The van der Waals surface area contributed by atoms with Crippen LogP contribution in [-0.4, -0.2) is 49.8 Å². The second-order valence-corrected chi connectivity index (χ2v) is 8.98. The number of piperazine rings is 1. The number of benzene rings is 2. The zero-order valence-electron chi connectivity index (χ0n) is 17.5. The van der Waals surface area contributed by atoms with E-state index in [0.29, 0.717) is 0 Å². The number of nitrogens with zero attached hydrogens (tertiary/aromatic N) is 2. The van der Waals surface area contributed by atoms with E-state index in [9.17, 15) is 5.11 Å². The Morgan fingerprint density at radius 2 is 1.83 bits per heavy atom. The van der Waals surface area contributed by atoms with Gasteiger partial charge in [0, 0.05) is 42.3 Å². The lowest BCUT2D eigenvalue weighted by molar-refractivity contribution is 0.142. The molecule has 2 heterocycles. The number of thiophene rings is 1. The summed E-state index contributed by atoms with van der Waals surface area (Å²) in [6.45, 7) is 9.17. The highest BCUT2D eigenvalue weighted by atomic mass is 32.1. The molecule has 0 spiro atoms. The second kappa shape index (κ2) is 8.74. The predicted molar refractivity (Wildman–Crippen MR) is 123 cm³/mol. The van der Waals surface area contributed by atoms with Crippen molar-refractivity contribution in [2.45, 2.75) is 26.4 Å². The van der Waals surface area contributed by atoms with Crippen LogP contribution < -0.4 is 9.64 Å². The SMILES string of the molecule is COc1ccccc1N1CCN(CCC(O)c2sc3ccc(C)cc3c2C)CC1. The molecular weight excluding hydrogens is 380 g/mol. The lowest BCUT2D eigenvalue weighted by Gasteiger charge is -2.36. The number of para-hydroxylation sites is 2. The third kappa shape index (κ3) is 4.27. The molecule has 1 fully saturated rings. The number of rotatable bonds is 6. The van der Waals surface area contributed by atoms with Gasteiger partial charge in [0.2, 0.25) is 0 Å². The molecule has 4 nitrogen and oxygen atoms in total. The molecule has 1 N–H and O–H groups in total. The topological polar surface area (TPSA) is 35.9 Å². The van der Waals surface area contributed by atoms with Crippen LogP contribution in [0.4, 0.5) is 5.69 Å². The zero-order valence-corrected chi connectivity index (χ0v) is 18.3. The van der Waals surface area contributed by atoms with Crippen LogP contribution in [0, 0.1) is 13.8 Å². The first-order valence-corrected chi connectivity index (χ1v) is 11.2. The van der Waals surface area contributed by atoms with Crippen molar-refractivity contribution in [1.82, 2.24) is 4.90 Å². The molecular formula is C24H30N2O2S. The van der Waals surface area contributed by atoms with E-state index >= 15 is 0 Å². The average molecular weight is 411 g/mol. The molecule has 154 valence electrons. The highest BCUT2D eigenvalue weighted by Gasteiger charge is 2.21. The number of ether oxygens (including phenoxy) is 1. The highest BCUT2D eigenvalue weighted by Crippen LogP contribution is 2.36. The van der Waals surface area contributed by atoms with E-state index in [4.69, 9.17) is 4.74 Å². The third-order valence-corrected chi connectivity index (χ3v) is 7.32. The zero-order chi connectivity index (χ0) is 20.4. The number of anilines is 1. The van der Waals surface area contributed by atoms with E-state index in [1.54, 1.807) is 18.4 Å². The summed E-state index contributed by atoms with van der Waals surface area (Å²) in [5.41, 5.74) is 3.68. The van der Waals surface area contributed by atoms with Gasteiger partial charge in [0.15, 0.2) is 0 Å². The van der Waals surface area contributed by atoms with Crippen molar-refractivity contribution in [1.29, 1.82) is 0 Å². The molecule has 0 bridgehead atoms. The highest BCUT2D eigenvalue weighted by molar-refractivity contribution is 7.19. The molecule has 1 aromatic heterocycles. The maximum absolute atomic E-state index is 10.9. The lowest BCUT2D eigenvalue weighted by Crippen LogP contribution is -2.46. The normalized spacial score (nSPS) is 16.3. The van der Waals surface area contributed by atoms with Crippen molar-refractivity contribution in [3.63, 3.8) is 0 Å². The van der Waals surface area contributed by atoms with Crippen LogP contribution in [0.3, 0.4) is 0 Å². The van der Waals surface area contributed by atoms with Gasteiger partial charge in [-0.25, -0.2) is 0 Å². The van der Waals surface area contributed by atoms with E-state index in [0.717, 1.165) is 49.8 Å². The molecule has 1 atom stereocenters. The summed E-state index contributed by atoms with van der Waals surface area (Å²) >= 11 is 1.74. The van der Waals surface area contributed by atoms with E-state index in [-0.39, 0.29) is 6.10 Å². The standard InChI is InChI=1S/C24H30N2O2S/c1-17-8-9-23-19(16-17)18(2)24(29-23)21(27)10-11-25-12-14-26(15-13-25)20-6-4-5-7-22(20)28-3/h4-9,16,21,27H,10-15H2,1-3H3. The molecule has 1 aliphatic rings. The van der Waals surface area contributed by atoms with Crippen molar-refractivity contribution in [3.8, 4) is 5.75 Å². The number of fused-ring (bicyclic) bond motifs is 1. The summed E-state index contributed by atoms with van der Waals surface area (Å²) in [7, 11) is 1.73. The monoisotopic (exact) mass is 410 g/mol. The summed E-state index contributed by atoms with van der Waals surface area (Å²) in [6, 6.07) is 14.8. The number of aliphatic hydroxyl groups excluding tert-OH is 1. The minimum Gasteiger partial charge on any atom is -0.495 e. The van der Waals surface area contributed by atoms with Crippen molar-refractivity contribution in [2.75, 3.05) is 44.7 Å². The van der Waals surface area contributed by atoms with Crippen molar-refractivity contribution in [2.24, 2.45) is 0 Å². The Labute approximate surface area is 177 Å². The first-order valence-electron chi connectivity index (χ1n) is 10.3. The summed E-state index contributed by atoms with van der Waals surface area (Å²) in [5.74, 6) is 0.937. The molecule has 0 amide bonds. The average Bonchev–Trinajstić information content (AvgIpc) is 3.08. The summed E-state index contributed by atoms with van der Waals surface area (Å²) in [4.78, 5) is 5.98. The van der Waals surface area contributed by atoms with Crippen LogP contribution >= 0.6 is 11.3 Å². The van der Waals surface area contributed by atoms with E-state index in [1.165, 1.54) is 26.9 Å². The van der Waals surface area contributed by atoms with Crippen LogP contribution in [0.5, 0.6) is 5.75 Å². The fourth-order valence-electron chi connectivity index (χ4n) is 4.21. The Bertz CT molecular complexity index is 976. The molecule has 3 aromatic rings. The summed E-state index contributed by atoms with van der Waals surface area (Å²) in [5, 5.41) is 12.1. The lowest BCUT2D eigenvalue weighted by atomic mass is 10.1. The maximum Gasteiger partial charge on any atom is 0.142 e. The fraction of sp³-hybridized carbons (Fsp3) is 0.417. The van der Waals surface area contributed by atoms with Gasteiger partial charge in [0.1, 0.15) is 5.75 Å². The van der Waals surface area contributed by atoms with E-state index in [2.05, 4.69) is 54.0 Å². The molecule has 1 unspecified atom stereocenters. The molecule has 0 aliphatic carbocycles. The number of hydrogen-bond donors (Lipinski definition) is 1. The number of hydrogen-bond acceptors (Lipinski definition) is 5. The maximum atomic E-state index is 10.9. The molecule has 1 aliphatic heterocycles. The van der Waals surface area contributed by atoms with Crippen molar-refractivity contribution in [3.05, 3.63) is 58.5 Å². The first kappa shape index (κ1) is 20.2. The van der Waals surface area contributed by atoms with Gasteiger partial charge >= 0.3 is 0 Å². The minimum absolute atomic E-state index is 0.389. The first-order chi connectivity index (χ1) is 14.1. The smallest absolute Gasteiger partial charge is 0.142 e. The molecule has 0 radical (unpaired) electrons. The van der Waals surface area contributed by atoms with Crippen LogP contribution in [0.15, 0.2) is 42.5 Å².